The fourth-order valence-electron chi connectivity index (χ4n) is 3.19. The molecule has 1 unspecified atom stereocenters. The summed E-state index contributed by atoms with van der Waals surface area (Å²) in [7, 11) is -3.28. The van der Waals surface area contributed by atoms with Gasteiger partial charge in [-0.15, -0.1) is 11.6 Å². The normalized spacial score (nSPS) is 10.9. The molecule has 0 aliphatic rings. The maximum absolute atomic E-state index is 12.2. The monoisotopic (exact) mass is 602 g/mol. The fraction of sp³-hybridized carbons (Fsp3) is 0.125. The second-order valence-corrected chi connectivity index (χ2v) is 11.8. The van der Waals surface area contributed by atoms with Crippen molar-refractivity contribution in [1.29, 1.82) is 0 Å². The molecule has 0 N–H and O–H groups in total. The van der Waals surface area contributed by atoms with Gasteiger partial charge < -0.3 is 4.55 Å². The molecule has 204 valence electrons. The van der Waals surface area contributed by atoms with Crippen LogP contribution in [0.15, 0.2) is 120 Å². The molecule has 4 nitrogen and oxygen atoms in total. The van der Waals surface area contributed by atoms with E-state index in [1.807, 2.05) is 80.6 Å². The Labute approximate surface area is 268 Å². The van der Waals surface area contributed by atoms with Crippen LogP contribution >= 0.6 is 11.6 Å². The van der Waals surface area contributed by atoms with Gasteiger partial charge in [0.05, 0.1) is 10.6 Å². The van der Waals surface area contributed by atoms with Gasteiger partial charge in [0.15, 0.2) is 9.84 Å². The second-order valence-electron chi connectivity index (χ2n) is 8.64. The molecule has 0 spiro atoms. The number of hydrogen-bond donors (Lipinski definition) is 0. The zero-order valence-electron chi connectivity index (χ0n) is 23.0. The van der Waals surface area contributed by atoms with Crippen LogP contribution in [0.25, 0.3) is 12.2 Å². The van der Waals surface area contributed by atoms with Gasteiger partial charge in [0.2, 0.25) is 0 Å². The first-order chi connectivity index (χ1) is 18.6. The Morgan fingerprint density at radius 1 is 0.725 bits per heavy atom. The predicted molar refractivity (Wildman–Crippen MR) is 163 cm³/mol. The summed E-state index contributed by atoms with van der Waals surface area (Å²) in [6, 6.07) is 29.0. The van der Waals surface area contributed by atoms with Crippen molar-refractivity contribution in [3.63, 3.8) is 0 Å². The van der Waals surface area contributed by atoms with Gasteiger partial charge in [0.1, 0.15) is 0 Å². The zero-order valence-corrected chi connectivity index (χ0v) is 27.4. The minimum Gasteiger partial charge on any atom is -0.768 e. The Morgan fingerprint density at radius 2 is 1.12 bits per heavy atom. The molecule has 0 fully saturated rings. The van der Waals surface area contributed by atoms with Crippen molar-refractivity contribution in [3.8, 4) is 0 Å². The van der Waals surface area contributed by atoms with E-state index in [9.17, 15) is 17.2 Å². The quantitative estimate of drug-likeness (QED) is 0.171. The van der Waals surface area contributed by atoms with Crippen molar-refractivity contribution in [2.75, 3.05) is 0 Å². The van der Waals surface area contributed by atoms with E-state index < -0.39 is 20.9 Å². The fourth-order valence-corrected chi connectivity index (χ4v) is 5.08. The standard InChI is InChI=1S/C16H16O2S.C9H9Cl.C7H8O2S.Na/c1-3-14-6-8-15(9-7-14)12-19(17,18)16-10-4-13(2)5-11-16;1-2-8-3-5-9(7-10)6-4-8;1-6-2-4-7(5-3-6)10(8)9;/h3-11H,1,12H2,2H3;2-6H,1,7H2;2-5H,1H3,(H,8,9);/q;;;+1/p-1. The number of aryl methyl sites for hydroxylation is 2. The van der Waals surface area contributed by atoms with Gasteiger partial charge in [-0.05, 0) is 71.4 Å². The number of sulfone groups is 1. The molecule has 0 saturated carbocycles. The molecule has 0 aliphatic heterocycles. The number of rotatable bonds is 7. The van der Waals surface area contributed by atoms with Crippen molar-refractivity contribution < 1.29 is 46.7 Å². The van der Waals surface area contributed by atoms with Crippen LogP contribution in [-0.2, 0) is 32.6 Å². The van der Waals surface area contributed by atoms with Crippen molar-refractivity contribution in [3.05, 3.63) is 144 Å². The van der Waals surface area contributed by atoms with Crippen LogP contribution < -0.4 is 29.6 Å². The first-order valence-electron chi connectivity index (χ1n) is 12.0. The van der Waals surface area contributed by atoms with E-state index in [-0.39, 0.29) is 35.3 Å². The minimum absolute atomic E-state index is 0. The Bertz CT molecular complexity index is 1470. The van der Waals surface area contributed by atoms with Crippen LogP contribution in [-0.4, -0.2) is 17.2 Å². The van der Waals surface area contributed by atoms with E-state index in [2.05, 4.69) is 13.2 Å². The van der Waals surface area contributed by atoms with Crippen LogP contribution in [0.1, 0.15) is 33.4 Å². The Morgan fingerprint density at radius 3 is 1.50 bits per heavy atom. The van der Waals surface area contributed by atoms with Gasteiger partial charge in [0, 0.05) is 10.8 Å². The maximum atomic E-state index is 12.2. The van der Waals surface area contributed by atoms with Gasteiger partial charge >= 0.3 is 29.6 Å². The Balaban J connectivity index is 0.000000324. The smallest absolute Gasteiger partial charge is 0.768 e. The Hall–Kier alpha value is -2.29. The number of hydrogen-bond acceptors (Lipinski definition) is 4. The van der Waals surface area contributed by atoms with E-state index >= 15 is 0 Å². The molecule has 0 saturated heterocycles. The molecule has 0 radical (unpaired) electrons. The summed E-state index contributed by atoms with van der Waals surface area (Å²) in [5.41, 5.74) is 6.16. The third kappa shape index (κ3) is 12.5. The summed E-state index contributed by atoms with van der Waals surface area (Å²) in [6.45, 7) is 11.2. The van der Waals surface area contributed by atoms with E-state index in [0.29, 0.717) is 15.7 Å². The summed E-state index contributed by atoms with van der Waals surface area (Å²) >= 11 is 3.51. The van der Waals surface area contributed by atoms with Crippen LogP contribution in [0.3, 0.4) is 0 Å². The topological polar surface area (TPSA) is 74.3 Å². The van der Waals surface area contributed by atoms with Crippen molar-refractivity contribution in [2.24, 2.45) is 0 Å². The minimum atomic E-state index is -3.28. The molecule has 0 aliphatic carbocycles. The SMILES string of the molecule is C=Cc1ccc(CCl)cc1.C=Cc1ccc(CS(=O)(=O)c2ccc(C)cc2)cc1.Cc1ccc(S(=O)[O-])cc1.[Na+]. The van der Waals surface area contributed by atoms with Crippen LogP contribution in [0.4, 0.5) is 0 Å². The van der Waals surface area contributed by atoms with Crippen molar-refractivity contribution in [1.82, 2.24) is 0 Å². The molecule has 8 heteroatoms. The van der Waals surface area contributed by atoms with Gasteiger partial charge in [0.25, 0.3) is 0 Å². The molecule has 0 bridgehead atoms. The molecular weight excluding hydrogens is 571 g/mol. The van der Waals surface area contributed by atoms with Gasteiger partial charge in [-0.3, -0.25) is 4.21 Å². The van der Waals surface area contributed by atoms with Crippen LogP contribution in [0.2, 0.25) is 0 Å². The summed E-state index contributed by atoms with van der Waals surface area (Å²) in [4.78, 5) is 0.705. The first kappa shape index (κ1) is 35.7. The average molecular weight is 603 g/mol. The summed E-state index contributed by atoms with van der Waals surface area (Å²) in [5, 5.41) is 0. The third-order valence-electron chi connectivity index (χ3n) is 5.54. The van der Waals surface area contributed by atoms with E-state index in [1.165, 1.54) is 0 Å². The second kappa shape index (κ2) is 18.2. The molecule has 1 atom stereocenters. The molecule has 4 rings (SSSR count). The van der Waals surface area contributed by atoms with E-state index in [4.69, 9.17) is 11.6 Å². The van der Waals surface area contributed by atoms with Gasteiger partial charge in [-0.2, -0.15) is 0 Å². The number of alkyl halides is 1. The molecule has 0 aromatic heterocycles. The van der Waals surface area contributed by atoms with Gasteiger partial charge in [-0.1, -0.05) is 109 Å². The molecule has 40 heavy (non-hydrogen) atoms. The zero-order chi connectivity index (χ0) is 28.8. The molecule has 4 aromatic rings. The molecule has 0 amide bonds. The van der Waals surface area contributed by atoms with Crippen molar-refractivity contribution in [2.45, 2.75) is 35.3 Å². The van der Waals surface area contributed by atoms with E-state index in [1.54, 1.807) is 42.5 Å². The molecule has 0 heterocycles. The maximum Gasteiger partial charge on any atom is 1.00 e. The van der Waals surface area contributed by atoms with Gasteiger partial charge in [-0.25, -0.2) is 8.42 Å². The van der Waals surface area contributed by atoms with Crippen LogP contribution in [0.5, 0.6) is 0 Å². The summed E-state index contributed by atoms with van der Waals surface area (Å²) < 4.78 is 45.1. The summed E-state index contributed by atoms with van der Waals surface area (Å²) in [6.07, 6.45) is 3.55. The Kier molecular flexibility index (Phi) is 16.3. The van der Waals surface area contributed by atoms with Crippen molar-refractivity contribution >= 4 is 44.7 Å². The third-order valence-corrected chi connectivity index (χ3v) is 8.20. The average Bonchev–Trinajstić information content (AvgIpc) is 2.94. The largest absolute Gasteiger partial charge is 1.00 e. The summed E-state index contributed by atoms with van der Waals surface area (Å²) in [5.74, 6) is 0.602. The molecule has 4 aromatic carbocycles. The van der Waals surface area contributed by atoms with Crippen LogP contribution in [0, 0.1) is 13.8 Å². The number of benzene rings is 4. The predicted octanol–water partition coefficient (Wildman–Crippen LogP) is 4.92. The number of halogens is 1. The first-order valence-corrected chi connectivity index (χ1v) is 15.3. The molecular formula is C32H32ClNaO4S2. The van der Waals surface area contributed by atoms with E-state index in [0.717, 1.165) is 33.4 Å².